The number of aromatic hydroxyl groups is 2. The van der Waals surface area contributed by atoms with E-state index < -0.39 is 0 Å². The van der Waals surface area contributed by atoms with Gasteiger partial charge in [-0.2, -0.15) is 0 Å². The Bertz CT molecular complexity index is 1460. The smallest absolute Gasteiger partial charge is 0.115 e. The molecule has 0 saturated carbocycles. The molecule has 0 amide bonds. The predicted octanol–water partition coefficient (Wildman–Crippen LogP) is 9.97. The van der Waals surface area contributed by atoms with Crippen LogP contribution in [0.5, 0.6) is 11.5 Å². The highest BCUT2D eigenvalue weighted by Crippen LogP contribution is 2.48. The Hall–Kier alpha value is -4.12. The topological polar surface area (TPSA) is 40.5 Å². The highest BCUT2D eigenvalue weighted by molar-refractivity contribution is 8.17. The van der Waals surface area contributed by atoms with Crippen molar-refractivity contribution in [1.29, 1.82) is 0 Å². The highest BCUT2D eigenvalue weighted by atomic mass is 32.2. The molecule has 2 aliphatic rings. The number of hydrogen-bond acceptors (Lipinski definition) is 4. The van der Waals surface area contributed by atoms with Crippen molar-refractivity contribution in [2.75, 3.05) is 0 Å². The maximum atomic E-state index is 9.90. The molecule has 0 unspecified atom stereocenters. The quantitative estimate of drug-likeness (QED) is 0.262. The van der Waals surface area contributed by atoms with Crippen LogP contribution in [0.15, 0.2) is 133 Å². The number of allylic oxidation sites excluding steroid dienone is 6. The van der Waals surface area contributed by atoms with Crippen LogP contribution in [0.1, 0.15) is 33.4 Å². The molecule has 6 rings (SSSR count). The van der Waals surface area contributed by atoms with E-state index in [2.05, 4.69) is 86.7 Å². The summed E-state index contributed by atoms with van der Waals surface area (Å²) in [6, 6.07) is 32.1. The molecule has 0 atom stereocenters. The molecule has 0 radical (unpaired) electrons. The summed E-state index contributed by atoms with van der Waals surface area (Å²) < 4.78 is 0. The lowest BCUT2D eigenvalue weighted by molar-refractivity contribution is 0.474. The summed E-state index contributed by atoms with van der Waals surface area (Å²) in [7, 11) is 0. The zero-order valence-electron chi connectivity index (χ0n) is 22.3. The van der Waals surface area contributed by atoms with Crippen LogP contribution in [-0.4, -0.2) is 10.2 Å². The molecule has 0 spiro atoms. The maximum Gasteiger partial charge on any atom is 0.115 e. The van der Waals surface area contributed by atoms with Crippen LogP contribution in [-0.2, 0) is 0 Å². The Morgan fingerprint density at radius 3 is 0.900 bits per heavy atom. The van der Waals surface area contributed by atoms with Gasteiger partial charge >= 0.3 is 0 Å². The molecule has 0 aliphatic carbocycles. The van der Waals surface area contributed by atoms with E-state index in [9.17, 15) is 10.2 Å². The molecule has 0 saturated heterocycles. The Kier molecular flexibility index (Phi) is 7.29. The average molecular weight is 557 g/mol. The van der Waals surface area contributed by atoms with E-state index in [1.165, 1.54) is 32.1 Å². The normalized spacial score (nSPS) is 17.1. The van der Waals surface area contributed by atoms with Gasteiger partial charge in [0, 0.05) is 19.6 Å². The second kappa shape index (κ2) is 11.2. The van der Waals surface area contributed by atoms with Gasteiger partial charge in [0.05, 0.1) is 0 Å². The number of thioether (sulfide) groups is 2. The Morgan fingerprint density at radius 1 is 0.375 bits per heavy atom. The van der Waals surface area contributed by atoms with Gasteiger partial charge in [-0.25, -0.2) is 0 Å². The van der Waals surface area contributed by atoms with Gasteiger partial charge in [-0.05, 0) is 95.8 Å². The van der Waals surface area contributed by atoms with Crippen LogP contribution < -0.4 is 0 Å². The van der Waals surface area contributed by atoms with Gasteiger partial charge in [0.25, 0.3) is 0 Å². The van der Waals surface area contributed by atoms with Gasteiger partial charge in [0.15, 0.2) is 0 Å². The first kappa shape index (κ1) is 26.1. The number of phenols is 2. The summed E-state index contributed by atoms with van der Waals surface area (Å²) in [6.45, 7) is 4.21. The van der Waals surface area contributed by atoms with Crippen LogP contribution in [0.25, 0.3) is 19.6 Å². The largest absolute Gasteiger partial charge is 0.508 e. The van der Waals surface area contributed by atoms with E-state index in [1.807, 2.05) is 24.3 Å². The lowest BCUT2D eigenvalue weighted by Gasteiger charge is -2.22. The standard InChI is InChI=1S/C36H28O2S2/c1-23-3-7-25(8-4-23)33-19-29(21-35(39-33)27-11-15-31(37)16-12-27)30-20-34(26-9-5-24(2)6-10-26)40-36(22-30)28-13-17-32(38)18-14-28/h3-22,37-38H,1-2H3/b30-29+. The molecule has 0 bridgehead atoms. The van der Waals surface area contributed by atoms with Crippen molar-refractivity contribution in [3.8, 4) is 11.5 Å². The van der Waals surface area contributed by atoms with Gasteiger partial charge in [-0.15, -0.1) is 0 Å². The van der Waals surface area contributed by atoms with Crippen LogP contribution in [0.2, 0.25) is 0 Å². The zero-order valence-corrected chi connectivity index (χ0v) is 23.9. The maximum absolute atomic E-state index is 9.90. The third kappa shape index (κ3) is 5.74. The summed E-state index contributed by atoms with van der Waals surface area (Å²) in [5.74, 6) is 0.518. The fraction of sp³-hybridized carbons (Fsp3) is 0.0556. The number of hydrogen-bond donors (Lipinski definition) is 2. The molecule has 4 aromatic rings. The average Bonchev–Trinajstić information content (AvgIpc) is 2.98. The van der Waals surface area contributed by atoms with Crippen molar-refractivity contribution in [2.45, 2.75) is 13.8 Å². The Balaban J connectivity index is 1.54. The molecule has 2 nitrogen and oxygen atoms in total. The van der Waals surface area contributed by atoms with Crippen LogP contribution in [0, 0.1) is 13.8 Å². The molecule has 4 heteroatoms. The minimum absolute atomic E-state index is 0.259. The molecule has 0 fully saturated rings. The van der Waals surface area contributed by atoms with Gasteiger partial charge in [0.1, 0.15) is 11.5 Å². The van der Waals surface area contributed by atoms with Crippen LogP contribution >= 0.6 is 23.5 Å². The fourth-order valence-electron chi connectivity index (χ4n) is 4.59. The third-order valence-corrected chi connectivity index (χ3v) is 9.19. The SMILES string of the molecule is Cc1ccc(C2=C/C(=C3/C=C(c4ccc(C)cc4)SC(c4ccc(O)cc4)=C3)C=C(c3ccc(O)cc3)S2)cc1. The zero-order chi connectivity index (χ0) is 27.6. The van der Waals surface area contributed by atoms with E-state index in [0.29, 0.717) is 0 Å². The number of rotatable bonds is 4. The van der Waals surface area contributed by atoms with Crippen molar-refractivity contribution in [3.05, 3.63) is 166 Å². The van der Waals surface area contributed by atoms with Crippen molar-refractivity contribution in [1.82, 2.24) is 0 Å². The minimum atomic E-state index is 0.259. The van der Waals surface area contributed by atoms with Gasteiger partial charge in [-0.1, -0.05) is 107 Å². The monoisotopic (exact) mass is 556 g/mol. The number of phenolic OH excluding ortho intramolecular Hbond substituents is 2. The molecular formula is C36H28O2S2. The Morgan fingerprint density at radius 2 is 0.625 bits per heavy atom. The highest BCUT2D eigenvalue weighted by Gasteiger charge is 2.20. The summed E-state index contributed by atoms with van der Waals surface area (Å²) in [5.41, 5.74) is 9.19. The summed E-state index contributed by atoms with van der Waals surface area (Å²) in [4.78, 5) is 4.61. The molecular weight excluding hydrogens is 529 g/mol. The molecule has 2 aliphatic heterocycles. The van der Waals surface area contributed by atoms with Crippen molar-refractivity contribution in [3.63, 3.8) is 0 Å². The van der Waals surface area contributed by atoms with E-state index in [0.717, 1.165) is 32.1 Å². The van der Waals surface area contributed by atoms with Crippen LogP contribution in [0.4, 0.5) is 0 Å². The van der Waals surface area contributed by atoms with E-state index in [-0.39, 0.29) is 11.5 Å². The molecule has 2 N–H and O–H groups in total. The first-order valence-corrected chi connectivity index (χ1v) is 14.7. The van der Waals surface area contributed by atoms with Gasteiger partial charge in [0.2, 0.25) is 0 Å². The third-order valence-electron chi connectivity index (χ3n) is 6.90. The molecule has 4 aromatic carbocycles. The van der Waals surface area contributed by atoms with Crippen LogP contribution in [0.3, 0.4) is 0 Å². The van der Waals surface area contributed by atoms with E-state index in [1.54, 1.807) is 47.8 Å². The molecule has 2 heterocycles. The van der Waals surface area contributed by atoms with E-state index in [4.69, 9.17) is 0 Å². The summed E-state index contributed by atoms with van der Waals surface area (Å²) >= 11 is 3.49. The van der Waals surface area contributed by atoms with Gasteiger partial charge in [-0.3, -0.25) is 0 Å². The summed E-state index contributed by atoms with van der Waals surface area (Å²) in [5, 5.41) is 19.8. The van der Waals surface area contributed by atoms with Crippen molar-refractivity contribution < 1.29 is 10.2 Å². The number of benzene rings is 4. The second-order valence-corrected chi connectivity index (χ2v) is 12.1. The summed E-state index contributed by atoms with van der Waals surface area (Å²) in [6.07, 6.45) is 9.04. The first-order valence-electron chi connectivity index (χ1n) is 13.1. The van der Waals surface area contributed by atoms with Gasteiger partial charge < -0.3 is 10.2 Å². The molecule has 0 aromatic heterocycles. The second-order valence-electron chi connectivity index (χ2n) is 9.97. The lowest BCUT2D eigenvalue weighted by Crippen LogP contribution is -1.97. The van der Waals surface area contributed by atoms with E-state index >= 15 is 0 Å². The fourth-order valence-corrected chi connectivity index (χ4v) is 6.83. The molecule has 40 heavy (non-hydrogen) atoms. The van der Waals surface area contributed by atoms with Crippen molar-refractivity contribution in [2.24, 2.45) is 0 Å². The number of aryl methyl sites for hydroxylation is 2. The Labute approximate surface area is 243 Å². The van der Waals surface area contributed by atoms with Crippen molar-refractivity contribution >= 4 is 43.1 Å². The first-order chi connectivity index (χ1) is 19.4. The predicted molar refractivity (Wildman–Crippen MR) is 173 cm³/mol. The molecule has 196 valence electrons. The minimum Gasteiger partial charge on any atom is -0.508 e. The lowest BCUT2D eigenvalue weighted by atomic mass is 10.00.